The number of methoxy groups -OCH3 is 2. The minimum atomic E-state index is -0.844. The summed E-state index contributed by atoms with van der Waals surface area (Å²) in [6, 6.07) is 7.33. The zero-order chi connectivity index (χ0) is 13.1. The van der Waals surface area contributed by atoms with Gasteiger partial charge in [0.05, 0.1) is 20.4 Å². The number of hydrogen-bond donors (Lipinski definition) is 1. The molecule has 1 aromatic carbocycles. The van der Waals surface area contributed by atoms with Crippen LogP contribution in [-0.2, 0) is 7.05 Å². The summed E-state index contributed by atoms with van der Waals surface area (Å²) in [6.07, 6.45) is 0.733. The van der Waals surface area contributed by atoms with Crippen molar-refractivity contribution in [2.24, 2.45) is 7.05 Å². The Hall–Kier alpha value is -2.01. The van der Waals surface area contributed by atoms with Crippen LogP contribution in [0.2, 0.25) is 0 Å². The summed E-state index contributed by atoms with van der Waals surface area (Å²) in [7, 11) is 4.89. The van der Waals surface area contributed by atoms with Crippen LogP contribution >= 0.6 is 0 Å². The molecule has 5 heteroatoms. The van der Waals surface area contributed by atoms with Crippen molar-refractivity contribution in [3.05, 3.63) is 41.7 Å². The van der Waals surface area contributed by atoms with E-state index in [0.717, 1.165) is 0 Å². The maximum atomic E-state index is 10.5. The van der Waals surface area contributed by atoms with Crippen LogP contribution in [0.1, 0.15) is 17.4 Å². The van der Waals surface area contributed by atoms with Crippen LogP contribution in [0.15, 0.2) is 30.5 Å². The fraction of sp³-hybridized carbons (Fsp3) is 0.308. The minimum absolute atomic E-state index is 0.552. The Bertz CT molecular complexity index is 537. The molecular weight excluding hydrogens is 232 g/mol. The van der Waals surface area contributed by atoms with E-state index < -0.39 is 6.10 Å². The second-order valence-electron chi connectivity index (χ2n) is 3.87. The first-order chi connectivity index (χ1) is 8.69. The predicted octanol–water partition coefficient (Wildman–Crippen LogP) is 1.52. The second-order valence-corrected chi connectivity index (χ2v) is 3.87. The molecule has 0 aliphatic heterocycles. The first kappa shape index (κ1) is 12.4. The summed E-state index contributed by atoms with van der Waals surface area (Å²) in [4.78, 5) is 0. The fourth-order valence-corrected chi connectivity index (χ4v) is 1.94. The molecule has 0 saturated carbocycles. The summed E-state index contributed by atoms with van der Waals surface area (Å²) >= 11 is 0. The lowest BCUT2D eigenvalue weighted by Crippen LogP contribution is -2.09. The second kappa shape index (κ2) is 5.10. The Morgan fingerprint density at radius 2 is 1.83 bits per heavy atom. The molecule has 0 spiro atoms. The van der Waals surface area contributed by atoms with Gasteiger partial charge in [0.1, 0.15) is 17.5 Å². The van der Waals surface area contributed by atoms with Crippen molar-refractivity contribution >= 4 is 0 Å². The highest BCUT2D eigenvalue weighted by atomic mass is 16.5. The largest absolute Gasteiger partial charge is 0.496 e. The average Bonchev–Trinajstić information content (AvgIpc) is 2.79. The molecule has 0 radical (unpaired) electrons. The first-order valence-electron chi connectivity index (χ1n) is 5.56. The van der Waals surface area contributed by atoms with Crippen molar-refractivity contribution in [2.45, 2.75) is 6.10 Å². The highest BCUT2D eigenvalue weighted by molar-refractivity contribution is 5.42. The van der Waals surface area contributed by atoms with E-state index >= 15 is 0 Å². The number of rotatable bonds is 4. The van der Waals surface area contributed by atoms with Crippen LogP contribution in [0.4, 0.5) is 0 Å². The van der Waals surface area contributed by atoms with Gasteiger partial charge in [-0.2, -0.15) is 5.10 Å². The van der Waals surface area contributed by atoms with Gasteiger partial charge in [0, 0.05) is 12.6 Å². The third-order valence-corrected chi connectivity index (χ3v) is 2.86. The summed E-state index contributed by atoms with van der Waals surface area (Å²) in [5, 5.41) is 14.5. The molecule has 0 saturated heterocycles. The predicted molar refractivity (Wildman–Crippen MR) is 66.8 cm³/mol. The molecule has 1 aromatic heterocycles. The molecule has 0 bridgehead atoms. The smallest absolute Gasteiger partial charge is 0.162 e. The van der Waals surface area contributed by atoms with Crippen LogP contribution in [0.5, 0.6) is 11.5 Å². The molecule has 1 unspecified atom stereocenters. The van der Waals surface area contributed by atoms with Crippen molar-refractivity contribution in [2.75, 3.05) is 14.2 Å². The van der Waals surface area contributed by atoms with E-state index in [-0.39, 0.29) is 0 Å². The van der Waals surface area contributed by atoms with E-state index in [9.17, 15) is 5.11 Å². The van der Waals surface area contributed by atoms with E-state index in [1.807, 2.05) is 18.2 Å². The van der Waals surface area contributed by atoms with Gasteiger partial charge in [0.2, 0.25) is 0 Å². The first-order valence-corrected chi connectivity index (χ1v) is 5.56. The van der Waals surface area contributed by atoms with E-state index in [0.29, 0.717) is 22.8 Å². The Balaban J connectivity index is 2.47. The van der Waals surface area contributed by atoms with Gasteiger partial charge in [-0.25, -0.2) is 0 Å². The zero-order valence-electron chi connectivity index (χ0n) is 10.6. The average molecular weight is 248 g/mol. The Morgan fingerprint density at radius 3 is 2.50 bits per heavy atom. The molecule has 0 aliphatic carbocycles. The number of para-hydroxylation sites is 1. The highest BCUT2D eigenvalue weighted by Crippen LogP contribution is 2.33. The Morgan fingerprint density at radius 1 is 1.17 bits per heavy atom. The highest BCUT2D eigenvalue weighted by Gasteiger charge is 2.22. The number of ether oxygens (including phenoxy) is 2. The van der Waals surface area contributed by atoms with Crippen LogP contribution < -0.4 is 9.47 Å². The molecule has 1 heterocycles. The Labute approximate surface area is 106 Å². The summed E-state index contributed by atoms with van der Waals surface area (Å²) in [5.41, 5.74) is 1.28. The maximum absolute atomic E-state index is 10.5. The molecule has 2 rings (SSSR count). The number of nitrogens with zero attached hydrogens (tertiary/aromatic N) is 2. The quantitative estimate of drug-likeness (QED) is 0.891. The molecule has 1 atom stereocenters. The summed E-state index contributed by atoms with van der Waals surface area (Å²) < 4.78 is 12.0. The Kier molecular flexibility index (Phi) is 3.53. The minimum Gasteiger partial charge on any atom is -0.496 e. The van der Waals surface area contributed by atoms with Gasteiger partial charge in [-0.05, 0) is 6.07 Å². The van der Waals surface area contributed by atoms with Gasteiger partial charge < -0.3 is 14.6 Å². The number of aliphatic hydroxyl groups excluding tert-OH is 1. The van der Waals surface area contributed by atoms with Gasteiger partial charge in [-0.3, -0.25) is 4.68 Å². The van der Waals surface area contributed by atoms with Crippen molar-refractivity contribution in [1.29, 1.82) is 0 Å². The molecule has 5 nitrogen and oxygen atoms in total. The molecule has 0 amide bonds. The zero-order valence-corrected chi connectivity index (χ0v) is 10.6. The van der Waals surface area contributed by atoms with Crippen molar-refractivity contribution in [3.63, 3.8) is 0 Å². The number of aryl methyl sites for hydroxylation is 1. The third kappa shape index (κ3) is 2.04. The van der Waals surface area contributed by atoms with Crippen molar-refractivity contribution < 1.29 is 14.6 Å². The lowest BCUT2D eigenvalue weighted by molar-refractivity contribution is 0.199. The monoisotopic (exact) mass is 248 g/mol. The molecule has 18 heavy (non-hydrogen) atoms. The molecule has 0 fully saturated rings. The number of aromatic nitrogens is 2. The van der Waals surface area contributed by atoms with Gasteiger partial charge in [0.15, 0.2) is 5.75 Å². The van der Waals surface area contributed by atoms with Gasteiger partial charge in [-0.15, -0.1) is 0 Å². The normalized spacial score (nSPS) is 12.2. The van der Waals surface area contributed by atoms with E-state index in [4.69, 9.17) is 9.47 Å². The SMILES string of the molecule is COc1ccccc1C(O)c1c(OC)cnn1C. The molecular formula is C13H16N2O3. The number of hydrogen-bond acceptors (Lipinski definition) is 4. The van der Waals surface area contributed by atoms with Crippen LogP contribution in [0.25, 0.3) is 0 Å². The van der Waals surface area contributed by atoms with Crippen LogP contribution in [0, 0.1) is 0 Å². The van der Waals surface area contributed by atoms with Gasteiger partial charge >= 0.3 is 0 Å². The molecule has 96 valence electrons. The van der Waals surface area contributed by atoms with Crippen LogP contribution in [0.3, 0.4) is 0 Å². The van der Waals surface area contributed by atoms with E-state index in [2.05, 4.69) is 5.10 Å². The van der Waals surface area contributed by atoms with Gasteiger partial charge in [0.25, 0.3) is 0 Å². The standard InChI is InChI=1S/C13H16N2O3/c1-15-12(11(18-3)8-14-15)13(16)9-6-4-5-7-10(9)17-2/h4-8,13,16H,1-3H3. The third-order valence-electron chi connectivity index (χ3n) is 2.86. The van der Waals surface area contributed by atoms with Crippen molar-refractivity contribution in [1.82, 2.24) is 9.78 Å². The molecule has 0 aliphatic rings. The van der Waals surface area contributed by atoms with Crippen molar-refractivity contribution in [3.8, 4) is 11.5 Å². The summed E-state index contributed by atoms with van der Waals surface area (Å²) in [6.45, 7) is 0. The fourth-order valence-electron chi connectivity index (χ4n) is 1.94. The number of aliphatic hydroxyl groups is 1. The lowest BCUT2D eigenvalue weighted by atomic mass is 10.0. The molecule has 1 N–H and O–H groups in total. The van der Waals surface area contributed by atoms with Crippen LogP contribution in [-0.4, -0.2) is 29.1 Å². The number of benzene rings is 1. The topological polar surface area (TPSA) is 56.5 Å². The maximum Gasteiger partial charge on any atom is 0.162 e. The summed E-state index contributed by atoms with van der Waals surface area (Å²) in [5.74, 6) is 1.18. The van der Waals surface area contributed by atoms with E-state index in [1.54, 1.807) is 38.2 Å². The van der Waals surface area contributed by atoms with Gasteiger partial charge in [-0.1, -0.05) is 18.2 Å². The lowest BCUT2D eigenvalue weighted by Gasteiger charge is -2.16. The molecule has 2 aromatic rings. The van der Waals surface area contributed by atoms with E-state index in [1.165, 1.54) is 0 Å².